The first-order chi connectivity index (χ1) is 19.9. The number of hydrogen-bond donors (Lipinski definition) is 0. The van der Waals surface area contributed by atoms with E-state index < -0.39 is 11.6 Å². The van der Waals surface area contributed by atoms with Gasteiger partial charge in [-0.05, 0) is 92.9 Å². The molecular formula is C31H38BrN5O5. The molecule has 11 heteroatoms. The zero-order valence-corrected chi connectivity index (χ0v) is 26.6. The number of hydrogen-bond acceptors (Lipinski definition) is 8. The zero-order chi connectivity index (χ0) is 30.3. The highest BCUT2D eigenvalue weighted by atomic mass is 79.9. The Kier molecular flexibility index (Phi) is 8.24. The second-order valence-electron chi connectivity index (χ2n) is 12.0. The lowest BCUT2D eigenvalue weighted by atomic mass is 9.85. The first-order valence-corrected chi connectivity index (χ1v) is 15.0. The second kappa shape index (κ2) is 11.6. The van der Waals surface area contributed by atoms with E-state index in [-0.39, 0.29) is 24.0 Å². The van der Waals surface area contributed by atoms with E-state index in [1.54, 1.807) is 18.9 Å². The molecule has 2 aliphatic rings. The number of esters is 1. The average Bonchev–Trinajstić information content (AvgIpc) is 3.22. The van der Waals surface area contributed by atoms with Gasteiger partial charge in [0.15, 0.2) is 5.78 Å². The number of ketones is 1. The standard InChI is InChI=1S/C31H38BrN5O5/c1-19(38)20-7-9-21(10-8-20)35-13-15-36(16-14-35)25-12-11-24-26(32)27(29(39)41-6)37(28(24)33-25)23-17-22(18-23)34(5)30(40)42-31(2,3)4/h7-12,22-23H,13-18H2,1-6H3. The van der Waals surface area contributed by atoms with E-state index in [2.05, 4.69) is 25.7 Å². The number of pyridine rings is 1. The van der Waals surface area contributed by atoms with Gasteiger partial charge in [0.25, 0.3) is 0 Å². The van der Waals surface area contributed by atoms with Crippen molar-refractivity contribution in [3.8, 4) is 0 Å². The fourth-order valence-corrected chi connectivity index (χ4v) is 6.28. The van der Waals surface area contributed by atoms with Crippen LogP contribution < -0.4 is 9.80 Å². The monoisotopic (exact) mass is 639 g/mol. The number of fused-ring (bicyclic) bond motifs is 1. The number of Topliss-reactive ketones (excluding diaryl/α,β-unsaturated/α-hetero) is 1. The molecule has 1 aliphatic carbocycles. The highest BCUT2D eigenvalue weighted by molar-refractivity contribution is 9.10. The summed E-state index contributed by atoms with van der Waals surface area (Å²) in [6, 6.07) is 11.7. The van der Waals surface area contributed by atoms with Crippen molar-refractivity contribution in [3.63, 3.8) is 0 Å². The minimum atomic E-state index is -0.569. The van der Waals surface area contributed by atoms with Crippen molar-refractivity contribution >= 4 is 56.3 Å². The van der Waals surface area contributed by atoms with E-state index in [0.717, 1.165) is 43.1 Å². The van der Waals surface area contributed by atoms with Gasteiger partial charge in [-0.1, -0.05) is 0 Å². The maximum atomic E-state index is 12.9. The van der Waals surface area contributed by atoms with Gasteiger partial charge in [0, 0.05) is 61.9 Å². The summed E-state index contributed by atoms with van der Waals surface area (Å²) in [6.45, 7) is 10.3. The van der Waals surface area contributed by atoms with Crippen LogP contribution in [0.1, 0.15) is 67.4 Å². The number of anilines is 2. The summed E-state index contributed by atoms with van der Waals surface area (Å²) in [5.74, 6) is 0.473. The molecule has 1 saturated heterocycles. The van der Waals surface area contributed by atoms with Crippen LogP contribution in [0.5, 0.6) is 0 Å². The van der Waals surface area contributed by atoms with Crippen LogP contribution >= 0.6 is 15.9 Å². The van der Waals surface area contributed by atoms with Gasteiger partial charge < -0.3 is 28.7 Å². The lowest BCUT2D eigenvalue weighted by molar-refractivity contribution is 0.00755. The Hall–Kier alpha value is -3.60. The first-order valence-electron chi connectivity index (χ1n) is 14.2. The molecule has 0 unspecified atom stereocenters. The van der Waals surface area contributed by atoms with E-state index >= 15 is 0 Å². The van der Waals surface area contributed by atoms with Crippen LogP contribution in [0.3, 0.4) is 0 Å². The van der Waals surface area contributed by atoms with Crippen molar-refractivity contribution in [2.24, 2.45) is 0 Å². The van der Waals surface area contributed by atoms with E-state index in [4.69, 9.17) is 14.5 Å². The number of aromatic nitrogens is 2. The molecule has 0 spiro atoms. The number of carbonyl (C=O) groups is 3. The van der Waals surface area contributed by atoms with Gasteiger partial charge in [0.2, 0.25) is 0 Å². The Morgan fingerprint density at radius 1 is 0.976 bits per heavy atom. The molecule has 0 N–H and O–H groups in total. The highest BCUT2D eigenvalue weighted by Crippen LogP contribution is 2.43. The molecule has 0 atom stereocenters. The molecular weight excluding hydrogens is 602 g/mol. The summed E-state index contributed by atoms with van der Waals surface area (Å²) in [4.78, 5) is 48.5. The molecule has 1 aromatic carbocycles. The van der Waals surface area contributed by atoms with Crippen molar-refractivity contribution in [1.29, 1.82) is 0 Å². The lowest BCUT2D eigenvalue weighted by Crippen LogP contribution is -2.48. The summed E-state index contributed by atoms with van der Waals surface area (Å²) in [7, 11) is 3.14. The van der Waals surface area contributed by atoms with E-state index in [1.165, 1.54) is 7.11 Å². The van der Waals surface area contributed by atoms with Crippen molar-refractivity contribution in [3.05, 3.63) is 52.1 Å². The molecule has 0 radical (unpaired) electrons. The summed E-state index contributed by atoms with van der Waals surface area (Å²) in [5.41, 5.74) is 2.38. The Balaban J connectivity index is 1.36. The van der Waals surface area contributed by atoms with Crippen LogP contribution in [0.15, 0.2) is 40.9 Å². The third-order valence-corrected chi connectivity index (χ3v) is 8.88. The van der Waals surface area contributed by atoms with Gasteiger partial charge in [-0.3, -0.25) is 4.79 Å². The predicted molar refractivity (Wildman–Crippen MR) is 166 cm³/mol. The predicted octanol–water partition coefficient (Wildman–Crippen LogP) is 5.69. The number of methoxy groups -OCH3 is 1. The lowest BCUT2D eigenvalue weighted by Gasteiger charge is -2.42. The largest absolute Gasteiger partial charge is 0.464 e. The fraction of sp³-hybridized carbons (Fsp3) is 0.484. The van der Waals surface area contributed by atoms with Gasteiger partial charge in [-0.25, -0.2) is 14.6 Å². The normalized spacial score (nSPS) is 18.9. The van der Waals surface area contributed by atoms with Crippen LogP contribution in [0, 0.1) is 0 Å². The third kappa shape index (κ3) is 5.84. The molecule has 10 nitrogen and oxygen atoms in total. The summed E-state index contributed by atoms with van der Waals surface area (Å²) < 4.78 is 13.3. The van der Waals surface area contributed by atoms with E-state index in [1.807, 2.05) is 61.7 Å². The number of halogens is 1. The number of piperazine rings is 1. The maximum Gasteiger partial charge on any atom is 0.410 e. The smallest absolute Gasteiger partial charge is 0.410 e. The van der Waals surface area contributed by atoms with Crippen LogP contribution in [0.2, 0.25) is 0 Å². The molecule has 2 fully saturated rings. The van der Waals surface area contributed by atoms with Crippen LogP contribution in [0.25, 0.3) is 11.0 Å². The molecule has 2 aromatic heterocycles. The maximum absolute atomic E-state index is 12.9. The minimum absolute atomic E-state index is 0.00709. The molecule has 42 heavy (non-hydrogen) atoms. The Morgan fingerprint density at radius 2 is 1.60 bits per heavy atom. The van der Waals surface area contributed by atoms with Gasteiger partial charge in [-0.15, -0.1) is 0 Å². The molecule has 5 rings (SSSR count). The van der Waals surface area contributed by atoms with Crippen molar-refractivity contribution in [2.75, 3.05) is 50.1 Å². The SMILES string of the molecule is COC(=O)c1c(Br)c2ccc(N3CCN(c4ccc(C(C)=O)cc4)CC3)nc2n1C1CC(N(C)C(=O)OC(C)(C)C)C1. The third-order valence-electron chi connectivity index (χ3n) is 8.08. The molecule has 224 valence electrons. The summed E-state index contributed by atoms with van der Waals surface area (Å²) in [5, 5.41) is 0.840. The van der Waals surface area contributed by atoms with E-state index in [9.17, 15) is 14.4 Å². The van der Waals surface area contributed by atoms with Gasteiger partial charge >= 0.3 is 12.1 Å². The molecule has 0 bridgehead atoms. The Bertz CT molecular complexity index is 1500. The van der Waals surface area contributed by atoms with Crippen LogP contribution in [-0.2, 0) is 9.47 Å². The van der Waals surface area contributed by atoms with E-state index in [0.29, 0.717) is 34.2 Å². The topological polar surface area (TPSA) is 97.2 Å². The van der Waals surface area contributed by atoms with Crippen LogP contribution in [0.4, 0.5) is 16.3 Å². The quantitative estimate of drug-likeness (QED) is 0.251. The summed E-state index contributed by atoms with van der Waals surface area (Å²) in [6.07, 6.45) is 0.985. The number of benzene rings is 1. The molecule has 1 aliphatic heterocycles. The number of ether oxygens (including phenoxy) is 2. The molecule has 3 heterocycles. The van der Waals surface area contributed by atoms with Crippen molar-refractivity contribution in [1.82, 2.24) is 14.5 Å². The Labute approximate surface area is 254 Å². The number of carbonyl (C=O) groups excluding carboxylic acids is 3. The van der Waals surface area contributed by atoms with Gasteiger partial charge in [-0.2, -0.15) is 0 Å². The zero-order valence-electron chi connectivity index (χ0n) is 25.0. The first kappa shape index (κ1) is 29.9. The highest BCUT2D eigenvalue weighted by Gasteiger charge is 2.40. The Morgan fingerprint density at radius 3 is 2.17 bits per heavy atom. The van der Waals surface area contributed by atoms with Crippen LogP contribution in [-0.4, -0.2) is 84.3 Å². The molecule has 3 aromatic rings. The minimum Gasteiger partial charge on any atom is -0.464 e. The molecule has 1 amide bonds. The molecule has 1 saturated carbocycles. The number of nitrogens with zero attached hydrogens (tertiary/aromatic N) is 5. The number of rotatable bonds is 6. The van der Waals surface area contributed by atoms with Crippen molar-refractivity contribution < 1.29 is 23.9 Å². The summed E-state index contributed by atoms with van der Waals surface area (Å²) >= 11 is 3.65. The second-order valence-corrected chi connectivity index (χ2v) is 12.8. The average molecular weight is 641 g/mol. The fourth-order valence-electron chi connectivity index (χ4n) is 5.62. The van der Waals surface area contributed by atoms with Gasteiger partial charge in [0.05, 0.1) is 11.6 Å². The number of amides is 1. The van der Waals surface area contributed by atoms with Gasteiger partial charge in [0.1, 0.15) is 22.8 Å². The van der Waals surface area contributed by atoms with Crippen molar-refractivity contribution in [2.45, 2.75) is 58.2 Å².